The third-order valence-electron chi connectivity index (χ3n) is 5.38. The number of amides is 1. The molecule has 3 heterocycles. The van der Waals surface area contributed by atoms with Crippen molar-refractivity contribution in [1.82, 2.24) is 39.8 Å². The second-order valence-electron chi connectivity index (χ2n) is 7.87. The van der Waals surface area contributed by atoms with Crippen molar-refractivity contribution in [3.8, 4) is 17.7 Å². The number of halogens is 3. The second-order valence-corrected chi connectivity index (χ2v) is 8.78. The molecule has 1 saturated carbocycles. The number of carbonyl (C=O) groups is 1. The number of fused-ring (bicyclic) bond motifs is 1. The molecule has 1 aliphatic rings. The highest BCUT2D eigenvalue weighted by molar-refractivity contribution is 9.10. The average Bonchev–Trinajstić information content (AvgIpc) is 3.43. The minimum absolute atomic E-state index is 0.0630. The summed E-state index contributed by atoms with van der Waals surface area (Å²) in [6, 6.07) is 2.31. The van der Waals surface area contributed by atoms with E-state index < -0.39 is 18.6 Å². The Balaban J connectivity index is 1.49. The molecule has 35 heavy (non-hydrogen) atoms. The van der Waals surface area contributed by atoms with Crippen LogP contribution in [0.3, 0.4) is 0 Å². The summed E-state index contributed by atoms with van der Waals surface area (Å²) in [6.07, 6.45) is 6.52. The molecule has 0 unspecified atom stereocenters. The van der Waals surface area contributed by atoms with Gasteiger partial charge in [0.2, 0.25) is 0 Å². The Morgan fingerprint density at radius 1 is 1.23 bits per heavy atom. The predicted octanol–water partition coefficient (Wildman–Crippen LogP) is 3.61. The first-order valence-corrected chi connectivity index (χ1v) is 11.4. The van der Waals surface area contributed by atoms with Crippen LogP contribution < -0.4 is 14.8 Å². The van der Waals surface area contributed by atoms with Crippen LogP contribution in [0.1, 0.15) is 48.0 Å². The molecule has 0 radical (unpaired) electrons. The van der Waals surface area contributed by atoms with Crippen molar-refractivity contribution in [1.29, 1.82) is 0 Å². The highest BCUT2D eigenvalue weighted by Crippen LogP contribution is 2.38. The lowest BCUT2D eigenvalue weighted by molar-refractivity contribution is -0.0498. The first-order chi connectivity index (χ1) is 16.8. The van der Waals surface area contributed by atoms with Gasteiger partial charge >= 0.3 is 12.6 Å². The van der Waals surface area contributed by atoms with Gasteiger partial charge in [-0.3, -0.25) is 9.48 Å². The van der Waals surface area contributed by atoms with Crippen LogP contribution in [0.25, 0.3) is 16.9 Å². The van der Waals surface area contributed by atoms with Crippen LogP contribution in [-0.4, -0.2) is 54.1 Å². The highest BCUT2D eigenvalue weighted by Gasteiger charge is 2.28. The van der Waals surface area contributed by atoms with Gasteiger partial charge in [-0.25, -0.2) is 9.97 Å². The number of hydrogen-bond donors (Lipinski definition) is 1. The monoisotopic (exact) mass is 548 g/mol. The molecular weight excluding hydrogens is 530 g/mol. The van der Waals surface area contributed by atoms with Gasteiger partial charge in [-0.2, -0.15) is 23.5 Å². The fourth-order valence-electron chi connectivity index (χ4n) is 3.66. The van der Waals surface area contributed by atoms with Crippen molar-refractivity contribution in [2.75, 3.05) is 7.11 Å². The first kappa shape index (κ1) is 23.1. The van der Waals surface area contributed by atoms with E-state index in [9.17, 15) is 13.6 Å². The summed E-state index contributed by atoms with van der Waals surface area (Å²) in [4.78, 5) is 26.1. The number of ether oxygens (including phenoxy) is 2. The van der Waals surface area contributed by atoms with Gasteiger partial charge in [0.15, 0.2) is 5.82 Å². The molecule has 1 atom stereocenters. The van der Waals surface area contributed by atoms with Crippen molar-refractivity contribution in [2.24, 2.45) is 0 Å². The Hall–Kier alpha value is -3.68. The van der Waals surface area contributed by atoms with Crippen LogP contribution in [-0.2, 0) is 0 Å². The molecule has 0 saturated heterocycles. The summed E-state index contributed by atoms with van der Waals surface area (Å²) in [7, 11) is 1.41. The van der Waals surface area contributed by atoms with Crippen LogP contribution in [0.5, 0.6) is 11.8 Å². The van der Waals surface area contributed by atoms with Crippen LogP contribution in [0, 0.1) is 0 Å². The van der Waals surface area contributed by atoms with Gasteiger partial charge < -0.3 is 14.8 Å². The number of nitrogens with one attached hydrogen (secondary N) is 1. The van der Waals surface area contributed by atoms with Crippen molar-refractivity contribution in [3.63, 3.8) is 0 Å². The smallest absolute Gasteiger partial charge is 0.387 e. The summed E-state index contributed by atoms with van der Waals surface area (Å²) < 4.78 is 39.4. The maximum Gasteiger partial charge on any atom is 0.387 e. The Kier molecular flexibility index (Phi) is 6.05. The van der Waals surface area contributed by atoms with Gasteiger partial charge in [-0.1, -0.05) is 0 Å². The lowest BCUT2D eigenvalue weighted by Gasteiger charge is -2.15. The first-order valence-electron chi connectivity index (χ1n) is 10.6. The third-order valence-corrected chi connectivity index (χ3v) is 5.79. The van der Waals surface area contributed by atoms with Gasteiger partial charge in [0.05, 0.1) is 40.9 Å². The summed E-state index contributed by atoms with van der Waals surface area (Å²) >= 11 is 3.28. The Labute approximate surface area is 205 Å². The third kappa shape index (κ3) is 4.65. The fourth-order valence-corrected chi connectivity index (χ4v) is 3.87. The van der Waals surface area contributed by atoms with Crippen molar-refractivity contribution >= 4 is 32.7 Å². The van der Waals surface area contributed by atoms with E-state index in [0.717, 1.165) is 12.8 Å². The van der Waals surface area contributed by atoms with E-state index in [-0.39, 0.29) is 29.3 Å². The van der Waals surface area contributed by atoms with E-state index in [1.807, 2.05) is 0 Å². The maximum atomic E-state index is 13.3. The normalized spacial score (nSPS) is 14.3. The van der Waals surface area contributed by atoms with E-state index >= 15 is 0 Å². The zero-order valence-corrected chi connectivity index (χ0v) is 20.1. The zero-order chi connectivity index (χ0) is 24.7. The Morgan fingerprint density at radius 2 is 1.97 bits per heavy atom. The SMILES string of the molecule is COc1nc([C@H](C)NC(=O)c2cc(OC(F)F)cc3c2cnn3C2CC2)n(-c2ncc(Br)cn2)n1. The summed E-state index contributed by atoms with van der Waals surface area (Å²) in [5.41, 5.74) is 0.700. The molecule has 4 aromatic rings. The summed E-state index contributed by atoms with van der Waals surface area (Å²) in [5, 5.41) is 12.0. The average molecular weight is 549 g/mol. The number of aromatic nitrogens is 7. The minimum atomic E-state index is -3.03. The highest BCUT2D eigenvalue weighted by atomic mass is 79.9. The summed E-state index contributed by atoms with van der Waals surface area (Å²) in [6.45, 7) is -1.34. The van der Waals surface area contributed by atoms with E-state index in [0.29, 0.717) is 21.2 Å². The number of methoxy groups -OCH3 is 1. The largest absolute Gasteiger partial charge is 0.466 e. The van der Waals surface area contributed by atoms with Gasteiger partial charge in [0.1, 0.15) is 5.75 Å². The number of benzene rings is 1. The van der Waals surface area contributed by atoms with Gasteiger partial charge in [0.25, 0.3) is 11.9 Å². The molecule has 0 aliphatic heterocycles. The molecule has 1 aliphatic carbocycles. The van der Waals surface area contributed by atoms with E-state index in [2.05, 4.69) is 51.1 Å². The molecule has 1 amide bonds. The minimum Gasteiger partial charge on any atom is -0.466 e. The van der Waals surface area contributed by atoms with Gasteiger partial charge in [-0.15, -0.1) is 5.10 Å². The number of carbonyl (C=O) groups excluding carboxylic acids is 1. The molecule has 0 spiro atoms. The Bertz CT molecular complexity index is 1390. The van der Waals surface area contributed by atoms with Crippen molar-refractivity contribution in [3.05, 3.63) is 46.6 Å². The molecular formula is C21H19BrF2N8O3. The van der Waals surface area contributed by atoms with Crippen LogP contribution in [0.2, 0.25) is 0 Å². The number of nitrogens with zero attached hydrogens (tertiary/aromatic N) is 7. The summed E-state index contributed by atoms with van der Waals surface area (Å²) in [5.74, 6) is -0.119. The molecule has 5 rings (SSSR count). The molecule has 1 aromatic carbocycles. The van der Waals surface area contributed by atoms with E-state index in [4.69, 9.17) is 4.74 Å². The second kappa shape index (κ2) is 9.17. The van der Waals surface area contributed by atoms with Crippen LogP contribution >= 0.6 is 15.9 Å². The molecule has 182 valence electrons. The quantitative estimate of drug-likeness (QED) is 0.354. The number of rotatable bonds is 8. The van der Waals surface area contributed by atoms with Gasteiger partial charge in [-0.05, 0) is 41.8 Å². The molecule has 3 aromatic heterocycles. The lowest BCUT2D eigenvalue weighted by atomic mass is 10.1. The molecule has 0 bridgehead atoms. The molecule has 14 heteroatoms. The topological polar surface area (TPSA) is 122 Å². The predicted molar refractivity (Wildman–Crippen MR) is 122 cm³/mol. The van der Waals surface area contributed by atoms with Crippen molar-refractivity contribution in [2.45, 2.75) is 38.5 Å². The van der Waals surface area contributed by atoms with Gasteiger partial charge in [0, 0.05) is 23.8 Å². The zero-order valence-electron chi connectivity index (χ0n) is 18.5. The fraction of sp³-hybridized carbons (Fsp3) is 0.333. The van der Waals surface area contributed by atoms with Crippen LogP contribution in [0.4, 0.5) is 8.78 Å². The lowest BCUT2D eigenvalue weighted by Crippen LogP contribution is -2.29. The number of alkyl halides is 2. The molecule has 1 fully saturated rings. The molecule has 11 nitrogen and oxygen atoms in total. The molecule has 1 N–H and O–H groups in total. The van der Waals surface area contributed by atoms with Crippen molar-refractivity contribution < 1.29 is 23.0 Å². The maximum absolute atomic E-state index is 13.3. The number of hydrogen-bond acceptors (Lipinski definition) is 8. The van der Waals surface area contributed by atoms with Crippen LogP contribution in [0.15, 0.2) is 35.2 Å². The standard InChI is InChI=1S/C21H19BrF2N8O3/c1-10(17-29-21(34-2)30-32(17)20-25-7-11(22)8-26-20)28-18(33)14-5-13(35-19(23)24)6-16-15(14)9-27-31(16)12-3-4-12/h5-10,12,19H,3-4H2,1-2H3,(H,28,33)/t10-/m0/s1. The van der Waals surface area contributed by atoms with E-state index in [1.165, 1.54) is 23.9 Å². The van der Waals surface area contributed by atoms with E-state index in [1.54, 1.807) is 30.2 Å². The Morgan fingerprint density at radius 3 is 2.63 bits per heavy atom.